The predicted octanol–water partition coefficient (Wildman–Crippen LogP) is 2.48. The maximum atomic E-state index is 13.5. The lowest BCUT2D eigenvalue weighted by atomic mass is 10.3. The van der Waals surface area contributed by atoms with Crippen molar-refractivity contribution in [3.8, 4) is 0 Å². The molecule has 1 aromatic heterocycles. The normalized spacial score (nSPS) is 11.6. The number of benzene rings is 1. The molecule has 0 atom stereocenters. The van der Waals surface area contributed by atoms with E-state index >= 15 is 0 Å². The van der Waals surface area contributed by atoms with Crippen molar-refractivity contribution in [2.75, 3.05) is 4.72 Å². The Morgan fingerprint density at radius 2 is 2.00 bits per heavy atom. The van der Waals surface area contributed by atoms with E-state index in [2.05, 4.69) is 4.98 Å². The van der Waals surface area contributed by atoms with Gasteiger partial charge in [-0.05, 0) is 13.0 Å². The van der Waals surface area contributed by atoms with E-state index in [0.29, 0.717) is 17.4 Å². The van der Waals surface area contributed by atoms with Crippen LogP contribution in [0.15, 0.2) is 21.1 Å². The van der Waals surface area contributed by atoms with Crippen LogP contribution < -0.4 is 9.60 Å². The molecule has 2 N–H and O–H groups in total. The summed E-state index contributed by atoms with van der Waals surface area (Å²) in [6, 6.07) is 1.27. The van der Waals surface area contributed by atoms with Gasteiger partial charge >= 0.3 is 4.87 Å². The Morgan fingerprint density at radius 1 is 1.35 bits per heavy atom. The molecular weight excluding hydrogens is 334 g/mol. The Hall–Kier alpha value is -1.45. The van der Waals surface area contributed by atoms with Crippen molar-refractivity contribution in [2.24, 2.45) is 0 Å². The third kappa shape index (κ3) is 2.84. The number of aromatic nitrogens is 1. The molecule has 0 spiro atoms. The van der Waals surface area contributed by atoms with Gasteiger partial charge in [0, 0.05) is 11.8 Å². The van der Waals surface area contributed by atoms with Gasteiger partial charge in [0.1, 0.15) is 11.5 Å². The summed E-state index contributed by atoms with van der Waals surface area (Å²) in [4.78, 5) is 12.8. The van der Waals surface area contributed by atoms with Gasteiger partial charge in [0.2, 0.25) is 0 Å². The minimum atomic E-state index is -4.19. The molecule has 0 fully saturated rings. The Labute approximate surface area is 121 Å². The Bertz CT molecular complexity index is 806. The summed E-state index contributed by atoms with van der Waals surface area (Å²) in [5.74, 6) is -2.09. The van der Waals surface area contributed by atoms with Crippen molar-refractivity contribution in [3.63, 3.8) is 0 Å². The van der Waals surface area contributed by atoms with Crippen molar-refractivity contribution in [1.29, 1.82) is 0 Å². The molecule has 5 nitrogen and oxygen atoms in total. The van der Waals surface area contributed by atoms with Crippen molar-refractivity contribution in [1.82, 2.24) is 4.98 Å². The summed E-state index contributed by atoms with van der Waals surface area (Å²) >= 11 is 6.05. The number of hydrogen-bond acceptors (Lipinski definition) is 4. The summed E-state index contributed by atoms with van der Waals surface area (Å²) in [6.07, 6.45) is 0. The standard InChI is InChI=1S/C10H7ClF2N2O3S2/c1-4-9(19-10(16)14-4)20(17,18)15-8-6(11)2-5(12)3-7(8)13/h2-3,15H,1H3,(H,14,16). The number of aryl methyl sites for hydroxylation is 1. The third-order valence-corrected chi connectivity index (χ3v) is 5.52. The first kappa shape index (κ1) is 14.9. The van der Waals surface area contributed by atoms with E-state index in [1.807, 2.05) is 4.72 Å². The fourth-order valence-corrected chi connectivity index (χ4v) is 4.16. The highest BCUT2D eigenvalue weighted by molar-refractivity contribution is 7.94. The lowest BCUT2D eigenvalue weighted by Crippen LogP contribution is -2.14. The van der Waals surface area contributed by atoms with Crippen LogP contribution in [0.5, 0.6) is 0 Å². The molecule has 0 unspecified atom stereocenters. The minimum absolute atomic E-state index is 0.117. The molecule has 10 heteroatoms. The van der Waals surface area contributed by atoms with Gasteiger partial charge in [-0.25, -0.2) is 17.2 Å². The van der Waals surface area contributed by atoms with Gasteiger partial charge in [-0.1, -0.05) is 22.9 Å². The predicted molar refractivity (Wildman–Crippen MR) is 71.9 cm³/mol. The van der Waals surface area contributed by atoms with Crippen molar-refractivity contribution >= 4 is 38.6 Å². The maximum Gasteiger partial charge on any atom is 0.306 e. The molecule has 0 aliphatic heterocycles. The summed E-state index contributed by atoms with van der Waals surface area (Å²) in [5, 5.41) is -0.424. The Balaban J connectivity index is 2.49. The van der Waals surface area contributed by atoms with Gasteiger partial charge in [-0.2, -0.15) is 0 Å². The highest BCUT2D eigenvalue weighted by Gasteiger charge is 2.23. The fourth-order valence-electron chi connectivity index (χ4n) is 1.47. The van der Waals surface area contributed by atoms with Crippen LogP contribution in [0.3, 0.4) is 0 Å². The first-order chi connectivity index (χ1) is 9.20. The molecule has 108 valence electrons. The number of halogens is 3. The zero-order valence-corrected chi connectivity index (χ0v) is 12.2. The number of thiazole rings is 1. The van der Waals surface area contributed by atoms with E-state index < -0.39 is 37.2 Å². The van der Waals surface area contributed by atoms with Crippen LogP contribution in [0.4, 0.5) is 14.5 Å². The zero-order valence-electron chi connectivity index (χ0n) is 9.83. The van der Waals surface area contributed by atoms with Gasteiger partial charge in [0.05, 0.1) is 5.02 Å². The number of aromatic amines is 1. The lowest BCUT2D eigenvalue weighted by Gasteiger charge is -2.09. The minimum Gasteiger partial charge on any atom is -0.315 e. The van der Waals surface area contributed by atoms with Crippen LogP contribution in [0, 0.1) is 18.6 Å². The average molecular weight is 341 g/mol. The molecule has 0 aliphatic carbocycles. The summed E-state index contributed by atoms with van der Waals surface area (Å²) < 4.78 is 52.1. The van der Waals surface area contributed by atoms with Crippen molar-refractivity contribution < 1.29 is 17.2 Å². The smallest absolute Gasteiger partial charge is 0.306 e. The highest BCUT2D eigenvalue weighted by Crippen LogP contribution is 2.29. The molecule has 20 heavy (non-hydrogen) atoms. The SMILES string of the molecule is Cc1[nH]c(=O)sc1S(=O)(=O)Nc1c(F)cc(F)cc1Cl. The number of H-pyrrole nitrogens is 1. The van der Waals surface area contributed by atoms with E-state index in [1.165, 1.54) is 6.92 Å². The van der Waals surface area contributed by atoms with E-state index in [1.54, 1.807) is 0 Å². The van der Waals surface area contributed by atoms with Crippen molar-refractivity contribution in [3.05, 3.63) is 44.2 Å². The average Bonchev–Trinajstić information content (AvgIpc) is 2.64. The molecule has 0 saturated heterocycles. The molecule has 0 bridgehead atoms. The molecule has 0 aliphatic rings. The van der Waals surface area contributed by atoms with E-state index in [0.717, 1.165) is 6.07 Å². The summed E-state index contributed by atoms with van der Waals surface area (Å²) in [6.45, 7) is 1.38. The van der Waals surface area contributed by atoms with Crippen LogP contribution in [-0.4, -0.2) is 13.4 Å². The van der Waals surface area contributed by atoms with E-state index in [-0.39, 0.29) is 9.90 Å². The Morgan fingerprint density at radius 3 is 2.50 bits per heavy atom. The first-order valence-electron chi connectivity index (χ1n) is 5.08. The fraction of sp³-hybridized carbons (Fsp3) is 0.100. The first-order valence-corrected chi connectivity index (χ1v) is 7.75. The molecule has 1 aromatic carbocycles. The number of sulfonamides is 1. The maximum absolute atomic E-state index is 13.5. The molecule has 1 heterocycles. The zero-order chi connectivity index (χ0) is 15.1. The topological polar surface area (TPSA) is 79.0 Å². The molecule has 0 saturated carbocycles. The van der Waals surface area contributed by atoms with Gasteiger partial charge in [-0.15, -0.1) is 0 Å². The number of nitrogens with one attached hydrogen (secondary N) is 2. The molecule has 2 aromatic rings. The highest BCUT2D eigenvalue weighted by atomic mass is 35.5. The van der Waals surface area contributed by atoms with Crippen LogP contribution in [0.2, 0.25) is 5.02 Å². The van der Waals surface area contributed by atoms with Crippen molar-refractivity contribution in [2.45, 2.75) is 11.1 Å². The molecule has 0 amide bonds. The second-order valence-corrected chi connectivity index (χ2v) is 7.04. The molecular formula is C10H7ClF2N2O3S2. The van der Waals surface area contributed by atoms with E-state index in [4.69, 9.17) is 11.6 Å². The summed E-state index contributed by atoms with van der Waals surface area (Å²) in [7, 11) is -4.19. The van der Waals surface area contributed by atoms with Gasteiger partial charge in [0.15, 0.2) is 10.0 Å². The van der Waals surface area contributed by atoms with E-state index in [9.17, 15) is 22.0 Å². The molecule has 2 rings (SSSR count). The van der Waals surface area contributed by atoms with Crippen LogP contribution in [-0.2, 0) is 10.0 Å². The van der Waals surface area contributed by atoms with Gasteiger partial charge in [-0.3, -0.25) is 9.52 Å². The van der Waals surface area contributed by atoms with Crippen LogP contribution in [0.25, 0.3) is 0 Å². The third-order valence-electron chi connectivity index (χ3n) is 2.27. The quantitative estimate of drug-likeness (QED) is 0.901. The lowest BCUT2D eigenvalue weighted by molar-refractivity contribution is 0.583. The second-order valence-electron chi connectivity index (χ2n) is 3.78. The number of hydrogen-bond donors (Lipinski definition) is 2. The monoisotopic (exact) mass is 340 g/mol. The van der Waals surface area contributed by atoms with Gasteiger partial charge in [0.25, 0.3) is 10.0 Å². The number of anilines is 1. The second kappa shape index (κ2) is 5.15. The number of rotatable bonds is 3. The summed E-state index contributed by atoms with van der Waals surface area (Å²) in [5.41, 5.74) is -0.459. The largest absolute Gasteiger partial charge is 0.315 e. The Kier molecular flexibility index (Phi) is 3.85. The van der Waals surface area contributed by atoms with Gasteiger partial charge < -0.3 is 4.98 Å². The van der Waals surface area contributed by atoms with Crippen LogP contribution >= 0.6 is 22.9 Å². The molecule has 0 radical (unpaired) electrons. The van der Waals surface area contributed by atoms with Crippen LogP contribution in [0.1, 0.15) is 5.69 Å².